The molecule has 0 aromatic heterocycles. The van der Waals surface area contributed by atoms with Crippen molar-refractivity contribution < 1.29 is 19.4 Å². The molecular formula is C26H29NO4. The minimum absolute atomic E-state index is 0.0293. The molecule has 1 saturated heterocycles. The molecule has 0 amide bonds. The van der Waals surface area contributed by atoms with Gasteiger partial charge in [-0.25, -0.2) is 0 Å². The van der Waals surface area contributed by atoms with Crippen molar-refractivity contribution >= 4 is 16.6 Å². The molecular weight excluding hydrogens is 390 g/mol. The van der Waals surface area contributed by atoms with E-state index in [9.17, 15) is 9.90 Å². The van der Waals surface area contributed by atoms with Crippen LogP contribution < -0.4 is 9.47 Å². The van der Waals surface area contributed by atoms with Crippen LogP contribution in [0.4, 0.5) is 0 Å². The monoisotopic (exact) mass is 419 g/mol. The maximum Gasteiger partial charge on any atom is 0.161 e. The molecule has 1 heterocycles. The number of benzene rings is 3. The predicted molar refractivity (Wildman–Crippen MR) is 122 cm³/mol. The van der Waals surface area contributed by atoms with Gasteiger partial charge in [-0.3, -0.25) is 9.69 Å². The number of carbonyl (C=O) groups is 1. The van der Waals surface area contributed by atoms with E-state index < -0.39 is 6.10 Å². The minimum Gasteiger partial charge on any atom is -0.493 e. The molecule has 0 saturated carbocycles. The van der Waals surface area contributed by atoms with Gasteiger partial charge in [-0.1, -0.05) is 42.5 Å². The fourth-order valence-electron chi connectivity index (χ4n) is 4.45. The maximum absolute atomic E-state index is 11.6. The average molecular weight is 420 g/mol. The molecule has 2 unspecified atom stereocenters. The molecule has 1 aliphatic heterocycles. The first-order chi connectivity index (χ1) is 15.1. The molecule has 1 fully saturated rings. The smallest absolute Gasteiger partial charge is 0.161 e. The normalized spacial score (nSPS) is 17.6. The molecule has 3 aromatic carbocycles. The standard InChI is InChI=1S/C26H29NO4/c1-18(28)20-12-13-25(26(15-20)30-2)31-17-21(29)16-27-14-6-11-24(27)23-10-5-8-19-7-3-4-9-22(19)23/h3-5,7-10,12-13,15,21,24,29H,6,11,14,16-17H2,1-2H3. The number of likely N-dealkylation sites (tertiary alicyclic amines) is 1. The van der Waals surface area contributed by atoms with Crippen LogP contribution in [0.5, 0.6) is 11.5 Å². The molecule has 0 aliphatic carbocycles. The second-order valence-corrected chi connectivity index (χ2v) is 8.11. The van der Waals surface area contributed by atoms with E-state index in [1.54, 1.807) is 25.3 Å². The maximum atomic E-state index is 11.6. The highest BCUT2D eigenvalue weighted by Crippen LogP contribution is 2.36. The average Bonchev–Trinajstić information content (AvgIpc) is 3.24. The van der Waals surface area contributed by atoms with E-state index in [0.717, 1.165) is 19.4 Å². The third-order valence-electron chi connectivity index (χ3n) is 5.99. The van der Waals surface area contributed by atoms with Gasteiger partial charge in [0.1, 0.15) is 12.7 Å². The molecule has 5 nitrogen and oxygen atoms in total. The van der Waals surface area contributed by atoms with Crippen molar-refractivity contribution in [2.24, 2.45) is 0 Å². The molecule has 5 heteroatoms. The van der Waals surface area contributed by atoms with Gasteiger partial charge in [-0.15, -0.1) is 0 Å². The van der Waals surface area contributed by atoms with Gasteiger partial charge in [0, 0.05) is 18.2 Å². The summed E-state index contributed by atoms with van der Waals surface area (Å²) in [4.78, 5) is 13.9. The van der Waals surface area contributed by atoms with Crippen molar-refractivity contribution in [1.29, 1.82) is 0 Å². The van der Waals surface area contributed by atoms with Crippen LogP contribution in [-0.2, 0) is 0 Å². The molecule has 1 aliphatic rings. The predicted octanol–water partition coefficient (Wildman–Crippen LogP) is 4.63. The molecule has 2 atom stereocenters. The summed E-state index contributed by atoms with van der Waals surface area (Å²) in [6, 6.07) is 20.3. The Morgan fingerprint density at radius 3 is 2.74 bits per heavy atom. The zero-order valence-electron chi connectivity index (χ0n) is 18.1. The van der Waals surface area contributed by atoms with Gasteiger partial charge in [0.25, 0.3) is 0 Å². The first-order valence-corrected chi connectivity index (χ1v) is 10.8. The van der Waals surface area contributed by atoms with E-state index in [0.29, 0.717) is 29.6 Å². The van der Waals surface area contributed by atoms with Crippen molar-refractivity contribution in [2.45, 2.75) is 31.9 Å². The van der Waals surface area contributed by atoms with Crippen LogP contribution in [0.2, 0.25) is 0 Å². The van der Waals surface area contributed by atoms with Crippen molar-refractivity contribution in [2.75, 3.05) is 26.8 Å². The molecule has 4 rings (SSSR count). The summed E-state index contributed by atoms with van der Waals surface area (Å²) < 4.78 is 11.2. The summed E-state index contributed by atoms with van der Waals surface area (Å²) in [5.74, 6) is 0.992. The Morgan fingerprint density at radius 1 is 1.13 bits per heavy atom. The van der Waals surface area contributed by atoms with Crippen LogP contribution >= 0.6 is 0 Å². The lowest BCUT2D eigenvalue weighted by atomic mass is 9.97. The molecule has 1 N–H and O–H groups in total. The van der Waals surface area contributed by atoms with Crippen molar-refractivity contribution in [3.05, 3.63) is 71.8 Å². The highest BCUT2D eigenvalue weighted by molar-refractivity contribution is 5.94. The molecule has 0 bridgehead atoms. The highest BCUT2D eigenvalue weighted by atomic mass is 16.5. The van der Waals surface area contributed by atoms with Crippen LogP contribution in [0.1, 0.15) is 41.7 Å². The number of methoxy groups -OCH3 is 1. The lowest BCUT2D eigenvalue weighted by molar-refractivity contribution is 0.0630. The topological polar surface area (TPSA) is 59.0 Å². The zero-order valence-corrected chi connectivity index (χ0v) is 18.1. The Morgan fingerprint density at radius 2 is 1.94 bits per heavy atom. The number of carbonyl (C=O) groups excluding carboxylic acids is 1. The number of ether oxygens (including phenoxy) is 2. The van der Waals surface area contributed by atoms with E-state index in [-0.39, 0.29) is 12.4 Å². The summed E-state index contributed by atoms with van der Waals surface area (Å²) >= 11 is 0. The van der Waals surface area contributed by atoms with E-state index >= 15 is 0 Å². The van der Waals surface area contributed by atoms with Crippen LogP contribution in [0.3, 0.4) is 0 Å². The van der Waals surface area contributed by atoms with Gasteiger partial charge in [0.05, 0.1) is 7.11 Å². The molecule has 31 heavy (non-hydrogen) atoms. The Balaban J connectivity index is 1.42. The number of hydrogen-bond donors (Lipinski definition) is 1. The largest absolute Gasteiger partial charge is 0.493 e. The zero-order chi connectivity index (χ0) is 21.8. The fourth-order valence-corrected chi connectivity index (χ4v) is 4.45. The number of Topliss-reactive ketones (excluding diaryl/α,β-unsaturated/α-hetero) is 1. The Kier molecular flexibility index (Phi) is 6.54. The van der Waals surface area contributed by atoms with Gasteiger partial charge in [-0.2, -0.15) is 0 Å². The number of rotatable bonds is 8. The molecule has 162 valence electrons. The SMILES string of the molecule is COc1cc(C(C)=O)ccc1OCC(O)CN1CCCC1c1cccc2ccccc12. The van der Waals surface area contributed by atoms with E-state index in [1.165, 1.54) is 23.3 Å². The Hall–Kier alpha value is -2.89. The van der Waals surface area contributed by atoms with Gasteiger partial charge < -0.3 is 14.6 Å². The first kappa shape index (κ1) is 21.3. The van der Waals surface area contributed by atoms with E-state index in [1.807, 2.05) is 0 Å². The fraction of sp³-hybridized carbons (Fsp3) is 0.346. The number of nitrogens with zero attached hydrogens (tertiary/aromatic N) is 1. The van der Waals surface area contributed by atoms with Gasteiger partial charge >= 0.3 is 0 Å². The summed E-state index contributed by atoms with van der Waals surface area (Å²) in [5.41, 5.74) is 1.89. The lowest BCUT2D eigenvalue weighted by Gasteiger charge is -2.28. The lowest BCUT2D eigenvalue weighted by Crippen LogP contribution is -2.35. The Bertz CT molecular complexity index is 1060. The van der Waals surface area contributed by atoms with Gasteiger partial charge in [0.2, 0.25) is 0 Å². The van der Waals surface area contributed by atoms with E-state index in [2.05, 4.69) is 47.4 Å². The summed E-state index contributed by atoms with van der Waals surface area (Å²) in [7, 11) is 1.54. The number of β-amino-alcohol motifs (C(OH)–C–C–N with tert-alkyl or cyclic N) is 1. The minimum atomic E-state index is -0.632. The van der Waals surface area contributed by atoms with Gasteiger partial charge in [-0.05, 0) is 60.8 Å². The molecule has 0 radical (unpaired) electrons. The summed E-state index contributed by atoms with van der Waals surface area (Å²) in [6.07, 6.45) is 1.57. The van der Waals surface area contributed by atoms with Crippen LogP contribution in [0.25, 0.3) is 10.8 Å². The summed E-state index contributed by atoms with van der Waals surface area (Å²) in [6.45, 7) is 3.18. The number of aliphatic hydroxyl groups is 1. The highest BCUT2D eigenvalue weighted by Gasteiger charge is 2.28. The van der Waals surface area contributed by atoms with Crippen LogP contribution in [-0.4, -0.2) is 48.7 Å². The van der Waals surface area contributed by atoms with Crippen LogP contribution in [0, 0.1) is 0 Å². The third kappa shape index (κ3) is 4.73. The van der Waals surface area contributed by atoms with E-state index in [4.69, 9.17) is 9.47 Å². The number of hydrogen-bond acceptors (Lipinski definition) is 5. The van der Waals surface area contributed by atoms with Gasteiger partial charge in [0.15, 0.2) is 17.3 Å². The van der Waals surface area contributed by atoms with Crippen molar-refractivity contribution in [3.63, 3.8) is 0 Å². The third-order valence-corrected chi connectivity index (χ3v) is 5.99. The quantitative estimate of drug-likeness (QED) is 0.540. The molecule has 3 aromatic rings. The first-order valence-electron chi connectivity index (χ1n) is 10.8. The Labute approximate surface area is 183 Å². The van der Waals surface area contributed by atoms with Crippen LogP contribution in [0.15, 0.2) is 60.7 Å². The second kappa shape index (κ2) is 9.50. The second-order valence-electron chi connectivity index (χ2n) is 8.11. The summed E-state index contributed by atoms with van der Waals surface area (Å²) in [5, 5.41) is 13.2. The van der Waals surface area contributed by atoms with Crippen molar-refractivity contribution in [1.82, 2.24) is 4.90 Å². The number of ketones is 1. The number of aliphatic hydroxyl groups excluding tert-OH is 1. The molecule has 0 spiro atoms. The van der Waals surface area contributed by atoms with Crippen molar-refractivity contribution in [3.8, 4) is 11.5 Å². The number of fused-ring (bicyclic) bond motifs is 1.